The fraction of sp³-hybridized carbons (Fsp3) is 0.435. The van der Waals surface area contributed by atoms with Gasteiger partial charge in [-0.3, -0.25) is 4.21 Å². The summed E-state index contributed by atoms with van der Waals surface area (Å²) in [7, 11) is -0.453. The number of hydrogen-bond donors (Lipinski definition) is 0. The van der Waals surface area contributed by atoms with Crippen LogP contribution in [0.5, 0.6) is 5.75 Å². The highest BCUT2D eigenvalue weighted by Gasteiger charge is 2.21. The third-order valence-corrected chi connectivity index (χ3v) is 6.32. The fourth-order valence-electron chi connectivity index (χ4n) is 4.01. The molecule has 0 atom stereocenters. The van der Waals surface area contributed by atoms with E-state index in [1.807, 2.05) is 24.4 Å². The molecule has 3 aromatic rings. The number of fused-ring (bicyclic) bond motifs is 1. The van der Waals surface area contributed by atoms with Gasteiger partial charge in [0.1, 0.15) is 24.2 Å². The predicted molar refractivity (Wildman–Crippen MR) is 128 cm³/mol. The van der Waals surface area contributed by atoms with Crippen molar-refractivity contribution in [2.75, 3.05) is 50.8 Å². The van der Waals surface area contributed by atoms with Crippen molar-refractivity contribution in [2.24, 2.45) is 4.36 Å². The van der Waals surface area contributed by atoms with Gasteiger partial charge >= 0.3 is 0 Å². The molecule has 0 bridgehead atoms. The van der Waals surface area contributed by atoms with Gasteiger partial charge in [0.05, 0.1) is 36.1 Å². The van der Waals surface area contributed by atoms with Crippen molar-refractivity contribution < 1.29 is 13.7 Å². The predicted octanol–water partition coefficient (Wildman–Crippen LogP) is 2.99. The standard InChI is InChI=1S/C23H28N6O3S/c1-31-10-11-32-20-12-21(23-18(13-24)15-26-29(23)16-20)17-4-5-22(25-14-17)28-8-6-19(7-9-28)27-33(2,3)30/h4-5,12,14-16,19H,6-11H2,1-3H3. The maximum Gasteiger partial charge on any atom is 0.138 e. The van der Waals surface area contributed by atoms with Crippen LogP contribution in [-0.4, -0.2) is 70.8 Å². The first-order valence-electron chi connectivity index (χ1n) is 10.8. The van der Waals surface area contributed by atoms with E-state index in [0.717, 1.165) is 48.4 Å². The lowest BCUT2D eigenvalue weighted by Crippen LogP contribution is -2.36. The highest BCUT2D eigenvalue weighted by molar-refractivity contribution is 7.92. The van der Waals surface area contributed by atoms with Gasteiger partial charge in [-0.15, -0.1) is 0 Å². The van der Waals surface area contributed by atoms with Gasteiger partial charge < -0.3 is 14.4 Å². The Morgan fingerprint density at radius 3 is 2.67 bits per heavy atom. The number of piperidine rings is 1. The van der Waals surface area contributed by atoms with E-state index in [-0.39, 0.29) is 6.04 Å². The van der Waals surface area contributed by atoms with Gasteiger partial charge in [-0.05, 0) is 31.0 Å². The topological polar surface area (TPSA) is 105 Å². The van der Waals surface area contributed by atoms with E-state index >= 15 is 0 Å². The maximum absolute atomic E-state index is 12.0. The molecule has 1 aliphatic rings. The van der Waals surface area contributed by atoms with Gasteiger partial charge in [0.2, 0.25) is 0 Å². The zero-order valence-corrected chi connectivity index (χ0v) is 19.9. The van der Waals surface area contributed by atoms with Crippen LogP contribution in [0.2, 0.25) is 0 Å². The summed E-state index contributed by atoms with van der Waals surface area (Å²) in [4.78, 5) is 6.92. The third-order valence-electron chi connectivity index (χ3n) is 5.51. The Morgan fingerprint density at radius 2 is 2.03 bits per heavy atom. The summed E-state index contributed by atoms with van der Waals surface area (Å²) in [5.74, 6) is 1.53. The third kappa shape index (κ3) is 5.43. The van der Waals surface area contributed by atoms with Crippen LogP contribution < -0.4 is 9.64 Å². The molecule has 4 heterocycles. The van der Waals surface area contributed by atoms with Crippen LogP contribution in [-0.2, 0) is 14.5 Å². The zero-order chi connectivity index (χ0) is 23.4. The summed E-state index contributed by atoms with van der Waals surface area (Å²) in [5, 5.41) is 13.9. The van der Waals surface area contributed by atoms with E-state index in [2.05, 4.69) is 20.4 Å². The van der Waals surface area contributed by atoms with Crippen molar-refractivity contribution in [2.45, 2.75) is 18.9 Å². The molecular weight excluding hydrogens is 440 g/mol. The summed E-state index contributed by atoms with van der Waals surface area (Å²) in [6.45, 7) is 2.54. The van der Waals surface area contributed by atoms with E-state index in [1.165, 1.54) is 0 Å². The molecular formula is C23H28N6O3S. The van der Waals surface area contributed by atoms with E-state index < -0.39 is 9.73 Å². The van der Waals surface area contributed by atoms with Crippen LogP contribution >= 0.6 is 0 Å². The van der Waals surface area contributed by atoms with Crippen molar-refractivity contribution in [3.63, 3.8) is 0 Å². The molecule has 0 N–H and O–H groups in total. The number of aromatic nitrogens is 3. The SMILES string of the molecule is COCCOc1cc(-c2ccc(N3CCC(N=S(C)(C)=O)CC3)nc2)c2c(C#N)cnn2c1. The van der Waals surface area contributed by atoms with Crippen molar-refractivity contribution >= 4 is 21.1 Å². The Morgan fingerprint density at radius 1 is 1.24 bits per heavy atom. The van der Waals surface area contributed by atoms with Gasteiger partial charge in [0.15, 0.2) is 0 Å². The lowest BCUT2D eigenvalue weighted by molar-refractivity contribution is 0.146. The number of rotatable bonds is 7. The van der Waals surface area contributed by atoms with Crippen molar-refractivity contribution in [3.05, 3.63) is 42.4 Å². The second-order valence-electron chi connectivity index (χ2n) is 8.30. The summed E-state index contributed by atoms with van der Waals surface area (Å²) in [6.07, 6.45) is 10.2. The number of anilines is 1. The average Bonchev–Trinajstić information content (AvgIpc) is 3.21. The molecule has 0 radical (unpaired) electrons. The summed E-state index contributed by atoms with van der Waals surface area (Å²) < 4.78 is 28.9. The Balaban J connectivity index is 1.58. The van der Waals surface area contributed by atoms with E-state index in [9.17, 15) is 9.47 Å². The van der Waals surface area contributed by atoms with E-state index in [4.69, 9.17) is 14.5 Å². The minimum Gasteiger partial charge on any atom is -0.490 e. The van der Waals surface area contributed by atoms with Crippen LogP contribution in [0.3, 0.4) is 0 Å². The van der Waals surface area contributed by atoms with E-state index in [1.54, 1.807) is 36.5 Å². The molecule has 0 amide bonds. The van der Waals surface area contributed by atoms with E-state index in [0.29, 0.717) is 24.5 Å². The first-order valence-corrected chi connectivity index (χ1v) is 13.1. The van der Waals surface area contributed by atoms with Gasteiger partial charge in [-0.1, -0.05) is 0 Å². The molecule has 0 aliphatic carbocycles. The first-order chi connectivity index (χ1) is 15.9. The fourth-order valence-corrected chi connectivity index (χ4v) is 4.94. The second kappa shape index (κ2) is 9.77. The zero-order valence-electron chi connectivity index (χ0n) is 19.1. The summed E-state index contributed by atoms with van der Waals surface area (Å²) >= 11 is 0. The van der Waals surface area contributed by atoms with Crippen molar-refractivity contribution in [1.82, 2.24) is 14.6 Å². The molecule has 33 heavy (non-hydrogen) atoms. The number of ether oxygens (including phenoxy) is 2. The molecule has 1 aliphatic heterocycles. The van der Waals surface area contributed by atoms with Gasteiger partial charge in [0.25, 0.3) is 0 Å². The lowest BCUT2D eigenvalue weighted by Gasteiger charge is -2.31. The van der Waals surface area contributed by atoms with Crippen LogP contribution in [0, 0.1) is 11.3 Å². The number of pyridine rings is 2. The Kier molecular flexibility index (Phi) is 6.81. The molecule has 10 heteroatoms. The Labute approximate surface area is 194 Å². The van der Waals surface area contributed by atoms with Crippen LogP contribution in [0.15, 0.2) is 41.2 Å². The molecule has 0 aromatic carbocycles. The highest BCUT2D eigenvalue weighted by atomic mass is 32.2. The van der Waals surface area contributed by atoms with Crippen LogP contribution in [0.4, 0.5) is 5.82 Å². The maximum atomic E-state index is 12.0. The summed E-state index contributed by atoms with van der Waals surface area (Å²) in [6, 6.07) is 8.26. The molecule has 0 unspecified atom stereocenters. The molecule has 9 nitrogen and oxygen atoms in total. The molecule has 3 aromatic heterocycles. The summed E-state index contributed by atoms with van der Waals surface area (Å²) in [5.41, 5.74) is 2.92. The number of hydrogen-bond acceptors (Lipinski definition) is 8. The molecule has 0 saturated carbocycles. The minimum absolute atomic E-state index is 0.142. The highest BCUT2D eigenvalue weighted by Crippen LogP contribution is 2.31. The molecule has 1 saturated heterocycles. The Hall–Kier alpha value is -3.16. The number of nitriles is 1. The number of nitrogens with zero attached hydrogens (tertiary/aromatic N) is 6. The normalized spacial score (nSPS) is 14.9. The van der Waals surface area contributed by atoms with Crippen LogP contribution in [0.25, 0.3) is 16.6 Å². The molecule has 0 spiro atoms. The Bertz CT molecular complexity index is 1270. The monoisotopic (exact) mass is 468 g/mol. The van der Waals surface area contributed by atoms with Gasteiger partial charge in [-0.25, -0.2) is 13.9 Å². The lowest BCUT2D eigenvalue weighted by atomic mass is 10.0. The largest absolute Gasteiger partial charge is 0.490 e. The van der Waals surface area contributed by atoms with Crippen molar-refractivity contribution in [1.29, 1.82) is 5.26 Å². The first kappa shape index (κ1) is 23.0. The van der Waals surface area contributed by atoms with Crippen LogP contribution in [0.1, 0.15) is 18.4 Å². The molecule has 4 rings (SSSR count). The number of methoxy groups -OCH3 is 1. The smallest absolute Gasteiger partial charge is 0.138 e. The second-order valence-corrected chi connectivity index (χ2v) is 10.9. The average molecular weight is 469 g/mol. The molecule has 1 fully saturated rings. The quantitative estimate of drug-likeness (QED) is 0.491. The molecule has 174 valence electrons. The van der Waals surface area contributed by atoms with Gasteiger partial charge in [-0.2, -0.15) is 10.4 Å². The minimum atomic E-state index is -2.08. The van der Waals surface area contributed by atoms with Gasteiger partial charge in [0, 0.05) is 59.8 Å². The van der Waals surface area contributed by atoms with Crippen molar-refractivity contribution in [3.8, 4) is 22.9 Å².